The summed E-state index contributed by atoms with van der Waals surface area (Å²) in [7, 11) is 0. The summed E-state index contributed by atoms with van der Waals surface area (Å²) < 4.78 is 7.62. The highest BCUT2D eigenvalue weighted by molar-refractivity contribution is 7.07. The third-order valence-electron chi connectivity index (χ3n) is 5.39. The third-order valence-corrected chi connectivity index (χ3v) is 6.02. The van der Waals surface area contributed by atoms with Crippen molar-refractivity contribution in [3.8, 4) is 5.75 Å². The molecule has 0 aliphatic heterocycles. The minimum atomic E-state index is -0.153. The van der Waals surface area contributed by atoms with Crippen molar-refractivity contribution in [3.05, 3.63) is 81.3 Å². The molecule has 162 valence electrons. The van der Waals surface area contributed by atoms with Crippen LogP contribution in [0.25, 0.3) is 10.9 Å². The lowest BCUT2D eigenvalue weighted by Crippen LogP contribution is -2.25. The summed E-state index contributed by atoms with van der Waals surface area (Å²) in [6.07, 6.45) is 2.56. The number of aryl methyl sites for hydroxylation is 1. The Labute approximate surface area is 188 Å². The Morgan fingerprint density at radius 3 is 2.78 bits per heavy atom. The maximum absolute atomic E-state index is 13.0. The summed E-state index contributed by atoms with van der Waals surface area (Å²) in [5, 5.41) is 5.48. The van der Waals surface area contributed by atoms with Gasteiger partial charge in [-0.1, -0.05) is 24.3 Å². The molecule has 8 heteroatoms. The Morgan fingerprint density at radius 1 is 1.16 bits per heavy atom. The van der Waals surface area contributed by atoms with Crippen LogP contribution in [0.1, 0.15) is 36.8 Å². The number of carbonyl (C=O) groups excluding carboxylic acids is 1. The van der Waals surface area contributed by atoms with Gasteiger partial charge in [-0.3, -0.25) is 14.2 Å². The number of rotatable bonds is 8. The molecule has 7 nitrogen and oxygen atoms in total. The van der Waals surface area contributed by atoms with E-state index in [0.717, 1.165) is 18.5 Å². The standard InChI is InChI=1S/C24H22N4O3S/c29-23(27-20-7-3-4-8-21(20)31-13-16-14-32-15-25-16)12-11-22-26-19-6-2-1-5-18(19)24(30)28(22)17-9-10-17/h1-8,14-15,17H,9-13H2,(H,27,29). The first-order valence-electron chi connectivity index (χ1n) is 10.6. The topological polar surface area (TPSA) is 86.1 Å². The summed E-state index contributed by atoms with van der Waals surface area (Å²) in [5.74, 6) is 1.10. The number of aromatic nitrogens is 3. The predicted octanol–water partition coefficient (Wildman–Crippen LogP) is 4.34. The van der Waals surface area contributed by atoms with Crippen LogP contribution in [0.3, 0.4) is 0 Å². The molecule has 0 atom stereocenters. The predicted molar refractivity (Wildman–Crippen MR) is 124 cm³/mol. The van der Waals surface area contributed by atoms with Crippen molar-refractivity contribution in [2.45, 2.75) is 38.3 Å². The molecular formula is C24H22N4O3S. The first-order valence-corrected chi connectivity index (χ1v) is 11.5. The van der Waals surface area contributed by atoms with E-state index >= 15 is 0 Å². The van der Waals surface area contributed by atoms with E-state index in [1.165, 1.54) is 11.3 Å². The van der Waals surface area contributed by atoms with Gasteiger partial charge < -0.3 is 10.1 Å². The number of hydrogen-bond acceptors (Lipinski definition) is 6. The number of benzene rings is 2. The van der Waals surface area contributed by atoms with E-state index < -0.39 is 0 Å². The number of amides is 1. The smallest absolute Gasteiger partial charge is 0.261 e. The summed E-state index contributed by atoms with van der Waals surface area (Å²) in [5.41, 5.74) is 3.87. The third kappa shape index (κ3) is 4.40. The van der Waals surface area contributed by atoms with Crippen LogP contribution in [0.2, 0.25) is 0 Å². The van der Waals surface area contributed by atoms with Crippen molar-refractivity contribution in [2.24, 2.45) is 0 Å². The minimum Gasteiger partial charge on any atom is -0.485 e. The van der Waals surface area contributed by atoms with Gasteiger partial charge >= 0.3 is 0 Å². The summed E-state index contributed by atoms with van der Waals surface area (Å²) in [4.78, 5) is 34.6. The second-order valence-corrected chi connectivity index (χ2v) is 8.48. The number of nitrogens with zero attached hydrogens (tertiary/aromatic N) is 3. The highest BCUT2D eigenvalue weighted by Crippen LogP contribution is 2.35. The number of nitrogens with one attached hydrogen (secondary N) is 1. The number of carbonyl (C=O) groups is 1. The van der Waals surface area contributed by atoms with Crippen molar-refractivity contribution >= 4 is 33.8 Å². The highest BCUT2D eigenvalue weighted by Gasteiger charge is 2.28. The molecule has 1 aliphatic carbocycles. The second kappa shape index (κ2) is 8.92. The summed E-state index contributed by atoms with van der Waals surface area (Å²) >= 11 is 1.51. The zero-order valence-electron chi connectivity index (χ0n) is 17.4. The minimum absolute atomic E-state index is 0.0192. The van der Waals surface area contributed by atoms with E-state index in [-0.39, 0.29) is 23.9 Å². The van der Waals surface area contributed by atoms with Gasteiger partial charge in [0.15, 0.2) is 0 Å². The van der Waals surface area contributed by atoms with E-state index in [2.05, 4.69) is 10.3 Å². The van der Waals surface area contributed by atoms with Crippen LogP contribution in [0.5, 0.6) is 5.75 Å². The fourth-order valence-corrected chi connectivity index (χ4v) is 4.21. The molecule has 1 N–H and O–H groups in total. The summed E-state index contributed by atoms with van der Waals surface area (Å²) in [6.45, 7) is 0.338. The van der Waals surface area contributed by atoms with Gasteiger partial charge in [-0.2, -0.15) is 0 Å². The molecule has 1 amide bonds. The lowest BCUT2D eigenvalue weighted by Gasteiger charge is -2.14. The van der Waals surface area contributed by atoms with Gasteiger partial charge in [-0.05, 0) is 37.1 Å². The first-order chi connectivity index (χ1) is 15.7. The van der Waals surface area contributed by atoms with E-state index in [1.54, 1.807) is 10.1 Å². The van der Waals surface area contributed by atoms with Crippen molar-refractivity contribution in [1.82, 2.24) is 14.5 Å². The average Bonchev–Trinajstić information content (AvgIpc) is 3.50. The van der Waals surface area contributed by atoms with E-state index in [9.17, 15) is 9.59 Å². The quantitative estimate of drug-likeness (QED) is 0.435. The molecule has 2 heterocycles. The molecule has 1 aliphatic rings. The molecule has 5 rings (SSSR count). The molecule has 0 radical (unpaired) electrons. The van der Waals surface area contributed by atoms with Crippen LogP contribution >= 0.6 is 11.3 Å². The maximum atomic E-state index is 13.0. The number of anilines is 1. The molecule has 2 aromatic heterocycles. The molecule has 2 aromatic carbocycles. The fourth-order valence-electron chi connectivity index (χ4n) is 3.67. The Bertz CT molecular complexity index is 1310. The molecule has 1 fully saturated rings. The lowest BCUT2D eigenvalue weighted by atomic mass is 10.2. The van der Waals surface area contributed by atoms with Gasteiger partial charge in [0.25, 0.3) is 5.56 Å². The van der Waals surface area contributed by atoms with Crippen LogP contribution in [-0.2, 0) is 17.8 Å². The van der Waals surface area contributed by atoms with Gasteiger partial charge in [0.2, 0.25) is 5.91 Å². The van der Waals surface area contributed by atoms with Crippen LogP contribution in [-0.4, -0.2) is 20.4 Å². The lowest BCUT2D eigenvalue weighted by molar-refractivity contribution is -0.116. The van der Waals surface area contributed by atoms with Crippen molar-refractivity contribution < 1.29 is 9.53 Å². The zero-order chi connectivity index (χ0) is 21.9. The van der Waals surface area contributed by atoms with Gasteiger partial charge in [-0.25, -0.2) is 9.97 Å². The van der Waals surface area contributed by atoms with Gasteiger partial charge in [0.1, 0.15) is 18.2 Å². The number of hydrogen-bond donors (Lipinski definition) is 1. The normalized spacial score (nSPS) is 13.2. The molecule has 4 aromatic rings. The van der Waals surface area contributed by atoms with Gasteiger partial charge in [0.05, 0.1) is 27.8 Å². The number of thiazole rings is 1. The van der Waals surface area contributed by atoms with Crippen LogP contribution < -0.4 is 15.6 Å². The van der Waals surface area contributed by atoms with Crippen LogP contribution in [0, 0.1) is 0 Å². The monoisotopic (exact) mass is 446 g/mol. The Kier molecular flexibility index (Phi) is 5.68. The Hall–Kier alpha value is -3.52. The molecule has 0 spiro atoms. The van der Waals surface area contributed by atoms with Crippen molar-refractivity contribution in [2.75, 3.05) is 5.32 Å². The van der Waals surface area contributed by atoms with Crippen molar-refractivity contribution in [3.63, 3.8) is 0 Å². The zero-order valence-corrected chi connectivity index (χ0v) is 18.2. The van der Waals surface area contributed by atoms with Gasteiger partial charge in [0, 0.05) is 24.3 Å². The molecule has 0 bridgehead atoms. The SMILES string of the molecule is O=C(CCc1nc2ccccc2c(=O)n1C1CC1)Nc1ccccc1OCc1cscn1. The number of fused-ring (bicyclic) bond motifs is 1. The second-order valence-electron chi connectivity index (χ2n) is 7.76. The van der Waals surface area contributed by atoms with Crippen LogP contribution in [0.4, 0.5) is 5.69 Å². The highest BCUT2D eigenvalue weighted by atomic mass is 32.1. The fraction of sp³-hybridized carbons (Fsp3) is 0.250. The van der Waals surface area contributed by atoms with Gasteiger partial charge in [-0.15, -0.1) is 11.3 Å². The average molecular weight is 447 g/mol. The number of ether oxygens (including phenoxy) is 1. The Morgan fingerprint density at radius 2 is 1.97 bits per heavy atom. The molecule has 32 heavy (non-hydrogen) atoms. The molecule has 0 unspecified atom stereocenters. The Balaban J connectivity index is 1.29. The largest absolute Gasteiger partial charge is 0.485 e. The number of para-hydroxylation sites is 3. The maximum Gasteiger partial charge on any atom is 0.261 e. The van der Waals surface area contributed by atoms with E-state index in [4.69, 9.17) is 9.72 Å². The van der Waals surface area contributed by atoms with Crippen molar-refractivity contribution in [1.29, 1.82) is 0 Å². The van der Waals surface area contributed by atoms with E-state index in [0.29, 0.717) is 41.2 Å². The van der Waals surface area contributed by atoms with Crippen LogP contribution in [0.15, 0.2) is 64.2 Å². The summed E-state index contributed by atoms with van der Waals surface area (Å²) in [6, 6.07) is 14.9. The molecule has 0 saturated heterocycles. The van der Waals surface area contributed by atoms with E-state index in [1.807, 2.05) is 53.9 Å². The molecule has 1 saturated carbocycles. The molecular weight excluding hydrogens is 424 g/mol. The first kappa shape index (κ1) is 20.4.